The van der Waals surface area contributed by atoms with Crippen LogP contribution in [0.1, 0.15) is 12.2 Å². The predicted octanol–water partition coefficient (Wildman–Crippen LogP) is 2.33. The van der Waals surface area contributed by atoms with E-state index in [2.05, 4.69) is 29.7 Å². The van der Waals surface area contributed by atoms with Crippen molar-refractivity contribution in [2.45, 2.75) is 25.4 Å². The van der Waals surface area contributed by atoms with E-state index in [1.165, 1.54) is 12.1 Å². The van der Waals surface area contributed by atoms with Crippen LogP contribution in [0, 0.1) is 12.7 Å². The van der Waals surface area contributed by atoms with Crippen molar-refractivity contribution in [2.24, 2.45) is 0 Å². The molecular formula is C18H17FN6. The van der Waals surface area contributed by atoms with Crippen molar-refractivity contribution in [3.8, 4) is 0 Å². The number of halogens is 1. The van der Waals surface area contributed by atoms with Gasteiger partial charge in [0.15, 0.2) is 0 Å². The Morgan fingerprint density at radius 3 is 2.72 bits per heavy atom. The van der Waals surface area contributed by atoms with Gasteiger partial charge >= 0.3 is 0 Å². The summed E-state index contributed by atoms with van der Waals surface area (Å²) in [4.78, 5) is 22.0. The van der Waals surface area contributed by atoms with E-state index in [-0.39, 0.29) is 5.82 Å². The van der Waals surface area contributed by atoms with Gasteiger partial charge in [-0.1, -0.05) is 0 Å². The molecule has 2 unspecified atom stereocenters. The molecule has 0 amide bonds. The molecule has 3 saturated heterocycles. The Morgan fingerprint density at radius 1 is 1.08 bits per heavy atom. The van der Waals surface area contributed by atoms with Gasteiger partial charge < -0.3 is 9.80 Å². The minimum absolute atomic E-state index is 0.257. The summed E-state index contributed by atoms with van der Waals surface area (Å²) in [5.74, 6) is 2.34. The lowest BCUT2D eigenvalue weighted by Gasteiger charge is -2.57. The molecule has 5 heterocycles. The van der Waals surface area contributed by atoms with Crippen LogP contribution >= 0.6 is 0 Å². The third kappa shape index (κ3) is 2.30. The molecule has 7 heteroatoms. The van der Waals surface area contributed by atoms with Crippen LogP contribution in [-0.2, 0) is 0 Å². The van der Waals surface area contributed by atoms with E-state index < -0.39 is 0 Å². The van der Waals surface area contributed by atoms with Crippen molar-refractivity contribution in [1.29, 1.82) is 0 Å². The fraction of sp³-hybridized carbons (Fsp3) is 0.333. The first kappa shape index (κ1) is 14.5. The fourth-order valence-electron chi connectivity index (χ4n) is 3.98. The van der Waals surface area contributed by atoms with Crippen molar-refractivity contribution in [1.82, 2.24) is 19.9 Å². The number of hydrogen-bond acceptors (Lipinski definition) is 6. The summed E-state index contributed by atoms with van der Waals surface area (Å²) in [6.07, 6.45) is 4.49. The molecule has 6 nitrogen and oxygen atoms in total. The van der Waals surface area contributed by atoms with E-state index in [4.69, 9.17) is 0 Å². The number of aryl methyl sites for hydroxylation is 1. The number of piperazine rings is 1. The van der Waals surface area contributed by atoms with E-state index >= 15 is 0 Å². The zero-order valence-electron chi connectivity index (χ0n) is 13.8. The molecule has 3 fully saturated rings. The third-order valence-corrected chi connectivity index (χ3v) is 5.10. The van der Waals surface area contributed by atoms with E-state index in [1.54, 1.807) is 18.6 Å². The SMILES string of the molecule is Cc1nccc(N2CC3CC(C2)N3c2ncnc3ccc(F)cc23)n1. The summed E-state index contributed by atoms with van der Waals surface area (Å²) in [6, 6.07) is 7.35. The average Bonchev–Trinajstić information content (AvgIpc) is 2.62. The summed E-state index contributed by atoms with van der Waals surface area (Å²) in [5.41, 5.74) is 0.777. The topological polar surface area (TPSA) is 58.0 Å². The van der Waals surface area contributed by atoms with E-state index in [9.17, 15) is 4.39 Å². The summed E-state index contributed by atoms with van der Waals surface area (Å²) in [6.45, 7) is 3.67. The lowest BCUT2D eigenvalue weighted by Crippen LogP contribution is -2.69. The van der Waals surface area contributed by atoms with Gasteiger partial charge in [0.05, 0.1) is 17.6 Å². The van der Waals surface area contributed by atoms with Gasteiger partial charge in [0, 0.05) is 24.7 Å². The Balaban J connectivity index is 1.46. The van der Waals surface area contributed by atoms with Crippen molar-refractivity contribution < 1.29 is 4.39 Å². The largest absolute Gasteiger partial charge is 0.352 e. The van der Waals surface area contributed by atoms with Crippen LogP contribution in [0.5, 0.6) is 0 Å². The molecule has 126 valence electrons. The van der Waals surface area contributed by atoms with E-state index in [0.29, 0.717) is 12.1 Å². The van der Waals surface area contributed by atoms with Crippen molar-refractivity contribution in [2.75, 3.05) is 22.9 Å². The highest BCUT2D eigenvalue weighted by atomic mass is 19.1. The predicted molar refractivity (Wildman–Crippen MR) is 93.2 cm³/mol. The Labute approximate surface area is 144 Å². The van der Waals surface area contributed by atoms with Crippen LogP contribution in [-0.4, -0.2) is 45.1 Å². The van der Waals surface area contributed by atoms with Gasteiger partial charge in [-0.2, -0.15) is 0 Å². The molecular weight excluding hydrogens is 319 g/mol. The number of fused-ring (bicyclic) bond motifs is 3. The molecule has 2 bridgehead atoms. The molecule has 2 aromatic heterocycles. The molecule has 6 rings (SSSR count). The minimum Gasteiger partial charge on any atom is -0.352 e. The van der Waals surface area contributed by atoms with Crippen LogP contribution in [0.25, 0.3) is 10.9 Å². The number of anilines is 2. The monoisotopic (exact) mass is 336 g/mol. The molecule has 0 saturated carbocycles. The van der Waals surface area contributed by atoms with Crippen LogP contribution in [0.2, 0.25) is 0 Å². The summed E-state index contributed by atoms with van der Waals surface area (Å²) in [7, 11) is 0. The van der Waals surface area contributed by atoms with Crippen LogP contribution < -0.4 is 9.80 Å². The molecule has 3 aliphatic heterocycles. The van der Waals surface area contributed by atoms with Gasteiger partial charge in [-0.05, 0) is 37.6 Å². The Kier molecular flexibility index (Phi) is 3.10. The minimum atomic E-state index is -0.257. The molecule has 0 radical (unpaired) electrons. The van der Waals surface area contributed by atoms with Gasteiger partial charge in [-0.3, -0.25) is 0 Å². The summed E-state index contributed by atoms with van der Waals surface area (Å²) in [5, 5.41) is 0.781. The summed E-state index contributed by atoms with van der Waals surface area (Å²) < 4.78 is 13.7. The van der Waals surface area contributed by atoms with E-state index in [0.717, 1.165) is 47.9 Å². The summed E-state index contributed by atoms with van der Waals surface area (Å²) >= 11 is 0. The molecule has 0 aliphatic carbocycles. The first-order valence-electron chi connectivity index (χ1n) is 8.42. The van der Waals surface area contributed by atoms with Gasteiger partial charge in [0.2, 0.25) is 0 Å². The standard InChI is InChI=1S/C18H17FN6/c1-11-20-5-4-17(23-11)24-8-13-7-14(9-24)25(13)18-15-6-12(19)2-3-16(15)21-10-22-18/h2-6,10,13-14H,7-9H2,1H3. The average molecular weight is 336 g/mol. The maximum absolute atomic E-state index is 13.7. The normalized spacial score (nSPS) is 22.2. The number of nitrogens with zero attached hydrogens (tertiary/aromatic N) is 6. The van der Waals surface area contributed by atoms with Gasteiger partial charge in [-0.25, -0.2) is 24.3 Å². The molecule has 0 spiro atoms. The van der Waals surface area contributed by atoms with Crippen LogP contribution in [0.4, 0.5) is 16.0 Å². The zero-order chi connectivity index (χ0) is 17.0. The third-order valence-electron chi connectivity index (χ3n) is 5.10. The van der Waals surface area contributed by atoms with Crippen molar-refractivity contribution in [3.63, 3.8) is 0 Å². The first-order chi connectivity index (χ1) is 12.2. The molecule has 0 N–H and O–H groups in total. The highest BCUT2D eigenvalue weighted by Crippen LogP contribution is 2.39. The highest BCUT2D eigenvalue weighted by Gasteiger charge is 2.46. The number of hydrogen-bond donors (Lipinski definition) is 0. The lowest BCUT2D eigenvalue weighted by molar-refractivity contribution is 0.288. The second kappa shape index (κ2) is 5.34. The maximum Gasteiger partial charge on any atom is 0.140 e. The van der Waals surface area contributed by atoms with Gasteiger partial charge in [0.1, 0.15) is 29.6 Å². The highest BCUT2D eigenvalue weighted by molar-refractivity contribution is 5.90. The number of benzene rings is 1. The fourth-order valence-corrected chi connectivity index (χ4v) is 3.98. The van der Waals surface area contributed by atoms with Crippen LogP contribution in [0.3, 0.4) is 0 Å². The number of aromatic nitrogens is 4. The first-order valence-corrected chi connectivity index (χ1v) is 8.42. The Morgan fingerprint density at radius 2 is 1.92 bits per heavy atom. The maximum atomic E-state index is 13.7. The van der Waals surface area contributed by atoms with Gasteiger partial charge in [0.25, 0.3) is 0 Å². The smallest absolute Gasteiger partial charge is 0.140 e. The molecule has 3 aliphatic rings. The zero-order valence-corrected chi connectivity index (χ0v) is 13.8. The van der Waals surface area contributed by atoms with Crippen molar-refractivity contribution in [3.05, 3.63) is 48.4 Å². The molecule has 2 atom stereocenters. The molecule has 1 aromatic carbocycles. The van der Waals surface area contributed by atoms with Crippen LogP contribution in [0.15, 0.2) is 36.8 Å². The second-order valence-corrected chi connectivity index (χ2v) is 6.68. The Bertz CT molecular complexity index is 949. The quantitative estimate of drug-likeness (QED) is 0.716. The number of rotatable bonds is 2. The number of piperidine rings is 1. The van der Waals surface area contributed by atoms with E-state index in [1.807, 2.05) is 13.0 Å². The lowest BCUT2D eigenvalue weighted by atomic mass is 9.87. The Hall–Kier alpha value is -2.83. The van der Waals surface area contributed by atoms with Gasteiger partial charge in [-0.15, -0.1) is 0 Å². The molecule has 3 aromatic rings. The molecule has 25 heavy (non-hydrogen) atoms. The van der Waals surface area contributed by atoms with Crippen molar-refractivity contribution >= 4 is 22.5 Å². The second-order valence-electron chi connectivity index (χ2n) is 6.68.